The Hall–Kier alpha value is -0.410. The molecule has 0 aromatic carbocycles. The Labute approximate surface area is 97.1 Å². The molecule has 0 aliphatic carbocycles. The van der Waals surface area contributed by atoms with Crippen molar-refractivity contribution >= 4 is 11.3 Å². The monoisotopic (exact) mass is 226 g/mol. The summed E-state index contributed by atoms with van der Waals surface area (Å²) < 4.78 is 0. The second-order valence-corrected chi connectivity index (χ2v) is 5.43. The van der Waals surface area contributed by atoms with Crippen molar-refractivity contribution in [2.45, 2.75) is 52.5 Å². The fraction of sp³-hybridized carbons (Fsp3) is 0.750. The molecule has 2 nitrogen and oxygen atoms in total. The fourth-order valence-corrected chi connectivity index (χ4v) is 2.34. The van der Waals surface area contributed by atoms with Gasteiger partial charge in [0.2, 0.25) is 0 Å². The lowest BCUT2D eigenvalue weighted by Gasteiger charge is -2.12. The van der Waals surface area contributed by atoms with Gasteiger partial charge >= 0.3 is 0 Å². The summed E-state index contributed by atoms with van der Waals surface area (Å²) in [7, 11) is 0. The van der Waals surface area contributed by atoms with Gasteiger partial charge in [-0.3, -0.25) is 0 Å². The second-order valence-electron chi connectivity index (χ2n) is 4.11. The Morgan fingerprint density at radius 1 is 1.53 bits per heavy atom. The number of aryl methyl sites for hydroxylation is 1. The predicted octanol–water partition coefficient (Wildman–Crippen LogP) is 3.16. The number of nitrogens with one attached hydrogen (secondary N) is 1. The quantitative estimate of drug-likeness (QED) is 0.772. The van der Waals surface area contributed by atoms with E-state index in [-0.39, 0.29) is 0 Å². The van der Waals surface area contributed by atoms with Crippen LogP contribution in [0.4, 0.5) is 0 Å². The molecule has 0 saturated heterocycles. The van der Waals surface area contributed by atoms with Crippen molar-refractivity contribution in [3.05, 3.63) is 16.1 Å². The van der Waals surface area contributed by atoms with E-state index < -0.39 is 0 Å². The van der Waals surface area contributed by atoms with Gasteiger partial charge in [-0.25, -0.2) is 4.98 Å². The largest absolute Gasteiger partial charge is 0.314 e. The van der Waals surface area contributed by atoms with Crippen molar-refractivity contribution in [2.24, 2.45) is 0 Å². The molecule has 0 saturated carbocycles. The number of unbranched alkanes of at least 4 members (excludes halogenated alkanes) is 1. The van der Waals surface area contributed by atoms with E-state index in [1.54, 1.807) is 11.3 Å². The van der Waals surface area contributed by atoms with Crippen LogP contribution >= 0.6 is 11.3 Å². The van der Waals surface area contributed by atoms with Crippen molar-refractivity contribution in [1.29, 1.82) is 0 Å². The highest BCUT2D eigenvalue weighted by atomic mass is 32.1. The third-order valence-electron chi connectivity index (χ3n) is 2.49. The van der Waals surface area contributed by atoms with E-state index in [4.69, 9.17) is 0 Å². The Kier molecular flexibility index (Phi) is 5.88. The summed E-state index contributed by atoms with van der Waals surface area (Å²) in [5.74, 6) is 0. The number of nitrogens with zero attached hydrogens (tertiary/aromatic N) is 1. The maximum absolute atomic E-state index is 4.35. The molecule has 3 heteroatoms. The lowest BCUT2D eigenvalue weighted by Crippen LogP contribution is -2.27. The first-order valence-electron chi connectivity index (χ1n) is 5.87. The van der Waals surface area contributed by atoms with Gasteiger partial charge in [-0.15, -0.1) is 11.3 Å². The van der Waals surface area contributed by atoms with Gasteiger partial charge < -0.3 is 5.32 Å². The summed E-state index contributed by atoms with van der Waals surface area (Å²) in [6.07, 6.45) is 6.92. The molecular weight excluding hydrogens is 204 g/mol. The molecule has 1 N–H and O–H groups in total. The van der Waals surface area contributed by atoms with Crippen LogP contribution < -0.4 is 5.32 Å². The number of hydrogen-bond acceptors (Lipinski definition) is 3. The van der Waals surface area contributed by atoms with Gasteiger partial charge in [-0.05, 0) is 20.3 Å². The van der Waals surface area contributed by atoms with Crippen LogP contribution in [0.1, 0.15) is 43.0 Å². The first-order chi connectivity index (χ1) is 7.22. The summed E-state index contributed by atoms with van der Waals surface area (Å²) >= 11 is 1.81. The highest BCUT2D eigenvalue weighted by Gasteiger charge is 2.02. The molecule has 1 unspecified atom stereocenters. The summed E-state index contributed by atoms with van der Waals surface area (Å²) in [5.41, 5.74) is 0. The van der Waals surface area contributed by atoms with E-state index in [2.05, 4.69) is 31.1 Å². The number of thiazole rings is 1. The number of aromatic nitrogens is 1. The lowest BCUT2D eigenvalue weighted by molar-refractivity contribution is 0.498. The number of rotatable bonds is 7. The Bertz CT molecular complexity index is 270. The van der Waals surface area contributed by atoms with Gasteiger partial charge in [0, 0.05) is 30.1 Å². The highest BCUT2D eigenvalue weighted by Crippen LogP contribution is 2.11. The molecule has 1 rings (SSSR count). The van der Waals surface area contributed by atoms with Crippen LogP contribution in [0, 0.1) is 6.92 Å². The highest BCUT2D eigenvalue weighted by molar-refractivity contribution is 7.11. The average molecular weight is 226 g/mol. The predicted molar refractivity (Wildman–Crippen MR) is 67.5 cm³/mol. The van der Waals surface area contributed by atoms with E-state index >= 15 is 0 Å². The minimum Gasteiger partial charge on any atom is -0.314 e. The molecule has 0 fully saturated rings. The van der Waals surface area contributed by atoms with Crippen LogP contribution in [0.5, 0.6) is 0 Å². The van der Waals surface area contributed by atoms with Crippen LogP contribution in [0.2, 0.25) is 0 Å². The molecule has 1 aromatic heterocycles. The molecule has 0 aliphatic heterocycles. The van der Waals surface area contributed by atoms with Crippen LogP contribution in [0.25, 0.3) is 0 Å². The maximum atomic E-state index is 4.35. The summed E-state index contributed by atoms with van der Waals surface area (Å²) in [5, 5.41) is 4.79. The minimum atomic E-state index is 0.644. The first-order valence-corrected chi connectivity index (χ1v) is 6.68. The van der Waals surface area contributed by atoms with Crippen LogP contribution in [-0.2, 0) is 6.42 Å². The molecule has 0 bridgehead atoms. The molecule has 0 spiro atoms. The molecule has 1 heterocycles. The van der Waals surface area contributed by atoms with E-state index in [1.807, 2.05) is 6.20 Å². The summed E-state index contributed by atoms with van der Waals surface area (Å²) in [6.45, 7) is 7.67. The minimum absolute atomic E-state index is 0.644. The Balaban J connectivity index is 2.10. The zero-order chi connectivity index (χ0) is 11.1. The van der Waals surface area contributed by atoms with Gasteiger partial charge in [0.15, 0.2) is 0 Å². The normalized spacial score (nSPS) is 13.0. The van der Waals surface area contributed by atoms with Crippen LogP contribution in [0.3, 0.4) is 0 Å². The van der Waals surface area contributed by atoms with Gasteiger partial charge in [-0.2, -0.15) is 0 Å². The fourth-order valence-electron chi connectivity index (χ4n) is 1.55. The Morgan fingerprint density at radius 2 is 2.33 bits per heavy atom. The van der Waals surface area contributed by atoms with E-state index in [0.717, 1.165) is 13.0 Å². The van der Waals surface area contributed by atoms with E-state index in [1.165, 1.54) is 29.1 Å². The van der Waals surface area contributed by atoms with Crippen molar-refractivity contribution in [3.63, 3.8) is 0 Å². The second kappa shape index (κ2) is 6.96. The molecule has 0 radical (unpaired) electrons. The van der Waals surface area contributed by atoms with E-state index in [9.17, 15) is 0 Å². The molecule has 0 aliphatic rings. The maximum Gasteiger partial charge on any atom is 0.0940 e. The van der Waals surface area contributed by atoms with Gasteiger partial charge in [0.05, 0.1) is 5.01 Å². The third kappa shape index (κ3) is 5.28. The third-order valence-corrected chi connectivity index (χ3v) is 3.46. The van der Waals surface area contributed by atoms with Crippen molar-refractivity contribution < 1.29 is 0 Å². The zero-order valence-electron chi connectivity index (χ0n) is 10.0. The number of hydrogen-bond donors (Lipinski definition) is 1. The van der Waals surface area contributed by atoms with Crippen molar-refractivity contribution in [3.8, 4) is 0 Å². The smallest absolute Gasteiger partial charge is 0.0940 e. The molecule has 0 amide bonds. The van der Waals surface area contributed by atoms with Gasteiger partial charge in [0.25, 0.3) is 0 Å². The molecule has 1 atom stereocenters. The SMILES string of the molecule is CCCCC(C)NCCc1ncc(C)s1. The Morgan fingerprint density at radius 3 is 2.93 bits per heavy atom. The summed E-state index contributed by atoms with van der Waals surface area (Å²) in [6, 6.07) is 0.644. The van der Waals surface area contributed by atoms with Crippen molar-refractivity contribution in [1.82, 2.24) is 10.3 Å². The van der Waals surface area contributed by atoms with Gasteiger partial charge in [-0.1, -0.05) is 19.8 Å². The standard InChI is InChI=1S/C12H22N2S/c1-4-5-6-10(2)13-8-7-12-14-9-11(3)15-12/h9-10,13H,4-8H2,1-3H3. The molecule has 86 valence electrons. The molecule has 15 heavy (non-hydrogen) atoms. The van der Waals surface area contributed by atoms with Gasteiger partial charge in [0.1, 0.15) is 0 Å². The average Bonchev–Trinajstić information content (AvgIpc) is 2.61. The first kappa shape index (κ1) is 12.7. The lowest BCUT2D eigenvalue weighted by atomic mass is 10.1. The molecule has 1 aromatic rings. The van der Waals surface area contributed by atoms with E-state index in [0.29, 0.717) is 6.04 Å². The van der Waals surface area contributed by atoms with Crippen LogP contribution in [-0.4, -0.2) is 17.6 Å². The topological polar surface area (TPSA) is 24.9 Å². The molecular formula is C12H22N2S. The van der Waals surface area contributed by atoms with Crippen molar-refractivity contribution in [2.75, 3.05) is 6.54 Å². The summed E-state index contributed by atoms with van der Waals surface area (Å²) in [4.78, 5) is 5.66. The van der Waals surface area contributed by atoms with Crippen LogP contribution in [0.15, 0.2) is 6.20 Å². The zero-order valence-corrected chi connectivity index (χ0v) is 10.9.